The first kappa shape index (κ1) is 32.5. The Hall–Kier alpha value is -4.85. The molecule has 10 heteroatoms. The number of nitrogens with one attached hydrogen (secondary N) is 3. The Balaban J connectivity index is 1.31. The maximum Gasteiger partial charge on any atom is 0.272 e. The number of aryl methyl sites for hydroxylation is 1. The van der Waals surface area contributed by atoms with E-state index in [1.807, 2.05) is 19.1 Å². The molecule has 46 heavy (non-hydrogen) atoms. The molecule has 234 valence electrons. The molecule has 1 heterocycles. The van der Waals surface area contributed by atoms with Gasteiger partial charge in [-0.1, -0.05) is 43.3 Å². The number of carbonyl (C=O) groups is 3. The van der Waals surface area contributed by atoms with Gasteiger partial charge in [0, 0.05) is 21.0 Å². The number of hydrogen-bond acceptors (Lipinski definition) is 7. The molecule has 1 aliphatic rings. The third-order valence-corrected chi connectivity index (χ3v) is 10.1. The summed E-state index contributed by atoms with van der Waals surface area (Å²) in [6.45, 7) is 1.94. The van der Waals surface area contributed by atoms with Gasteiger partial charge in [0.2, 0.25) is 5.91 Å². The van der Waals surface area contributed by atoms with Crippen molar-refractivity contribution >= 4 is 57.6 Å². The largest absolute Gasteiger partial charge is 0.497 e. The average molecular weight is 651 g/mol. The van der Waals surface area contributed by atoms with E-state index >= 15 is 0 Å². The van der Waals surface area contributed by atoms with Crippen molar-refractivity contribution in [1.82, 2.24) is 5.32 Å². The van der Waals surface area contributed by atoms with Crippen LogP contribution in [0, 0.1) is 11.3 Å². The van der Waals surface area contributed by atoms with Crippen molar-refractivity contribution in [2.75, 3.05) is 17.7 Å². The normalized spacial score (nSPS) is 13.1. The number of amides is 3. The lowest BCUT2D eigenvalue weighted by molar-refractivity contribution is -0.116. The number of fused-ring (bicyclic) bond motifs is 1. The number of benzene rings is 3. The van der Waals surface area contributed by atoms with Crippen LogP contribution in [0.25, 0.3) is 6.08 Å². The molecule has 0 aliphatic heterocycles. The Morgan fingerprint density at radius 1 is 1.00 bits per heavy atom. The van der Waals surface area contributed by atoms with E-state index in [1.54, 1.807) is 79.9 Å². The fourth-order valence-electron chi connectivity index (χ4n) is 5.11. The summed E-state index contributed by atoms with van der Waals surface area (Å²) in [4.78, 5) is 41.9. The van der Waals surface area contributed by atoms with Crippen LogP contribution in [-0.4, -0.2) is 30.1 Å². The Bertz CT molecular complexity index is 1790. The number of carbonyl (C=O) groups excluding carboxylic acids is 3. The summed E-state index contributed by atoms with van der Waals surface area (Å²) in [6, 6.07) is 25.3. The maximum atomic E-state index is 13.5. The van der Waals surface area contributed by atoms with Crippen LogP contribution in [0.4, 0.5) is 10.7 Å². The number of ether oxygens (including phenoxy) is 1. The van der Waals surface area contributed by atoms with Gasteiger partial charge in [0.15, 0.2) is 0 Å². The topological polar surface area (TPSA) is 120 Å². The van der Waals surface area contributed by atoms with Crippen LogP contribution in [-0.2, 0) is 22.4 Å². The second-order valence-electron chi connectivity index (χ2n) is 10.7. The average Bonchev–Trinajstić information content (AvgIpc) is 3.44. The van der Waals surface area contributed by atoms with Crippen molar-refractivity contribution in [2.24, 2.45) is 0 Å². The first-order valence-corrected chi connectivity index (χ1v) is 16.7. The number of methoxy groups -OCH3 is 1. The second kappa shape index (κ2) is 15.4. The summed E-state index contributed by atoms with van der Waals surface area (Å²) in [6.07, 6.45) is 6.16. The molecule has 1 aliphatic carbocycles. The quantitative estimate of drug-likeness (QED) is 0.115. The highest BCUT2D eigenvalue weighted by molar-refractivity contribution is 8.00. The third kappa shape index (κ3) is 8.05. The van der Waals surface area contributed by atoms with Crippen molar-refractivity contribution in [2.45, 2.75) is 49.2 Å². The standard InChI is InChI=1S/C36H34N4O4S2/c1-3-31(35(43)40-36-29(22-37)28-14-7-8-15-32(28)46-36)45-27-13-9-12-25(21-27)38-34(42)30(20-23-16-18-26(44-2)19-17-23)39-33(41)24-10-5-4-6-11-24/h4-6,9-13,16-21,31H,3,7-8,14-15H2,1-2H3,(H,38,42)(H,39,41)(H,40,43)/b30-20+. The molecule has 1 atom stereocenters. The molecule has 1 unspecified atom stereocenters. The summed E-state index contributed by atoms with van der Waals surface area (Å²) < 4.78 is 5.23. The number of nitrogens with zero attached hydrogens (tertiary/aromatic N) is 1. The van der Waals surface area contributed by atoms with E-state index < -0.39 is 17.1 Å². The lowest BCUT2D eigenvalue weighted by atomic mass is 9.96. The van der Waals surface area contributed by atoms with Crippen molar-refractivity contribution < 1.29 is 19.1 Å². The number of thiophene rings is 1. The van der Waals surface area contributed by atoms with Crippen LogP contribution in [0.15, 0.2) is 89.5 Å². The van der Waals surface area contributed by atoms with Crippen LogP contribution in [0.3, 0.4) is 0 Å². The zero-order valence-corrected chi connectivity index (χ0v) is 27.2. The molecule has 0 bridgehead atoms. The summed E-state index contributed by atoms with van der Waals surface area (Å²) >= 11 is 2.90. The van der Waals surface area contributed by atoms with Crippen molar-refractivity contribution in [3.63, 3.8) is 0 Å². The van der Waals surface area contributed by atoms with Gasteiger partial charge < -0.3 is 20.7 Å². The Morgan fingerprint density at radius 2 is 1.76 bits per heavy atom. The zero-order chi connectivity index (χ0) is 32.5. The van der Waals surface area contributed by atoms with Crippen molar-refractivity contribution in [1.29, 1.82) is 5.26 Å². The highest BCUT2D eigenvalue weighted by atomic mass is 32.2. The lowest BCUT2D eigenvalue weighted by Gasteiger charge is -2.16. The van der Waals surface area contributed by atoms with Gasteiger partial charge in [-0.3, -0.25) is 14.4 Å². The summed E-state index contributed by atoms with van der Waals surface area (Å²) in [5.74, 6) is -0.407. The smallest absolute Gasteiger partial charge is 0.272 e. The van der Waals surface area contributed by atoms with Gasteiger partial charge in [-0.15, -0.1) is 23.1 Å². The fourth-order valence-corrected chi connectivity index (χ4v) is 7.36. The zero-order valence-electron chi connectivity index (χ0n) is 25.6. The lowest BCUT2D eigenvalue weighted by Crippen LogP contribution is -2.30. The summed E-state index contributed by atoms with van der Waals surface area (Å²) in [5, 5.41) is 18.7. The number of thioether (sulfide) groups is 1. The first-order chi connectivity index (χ1) is 22.4. The minimum atomic E-state index is -0.502. The number of hydrogen-bond donors (Lipinski definition) is 3. The molecular formula is C36H34N4O4S2. The minimum absolute atomic E-state index is 0.0647. The molecule has 0 saturated heterocycles. The van der Waals surface area contributed by atoms with Gasteiger partial charge in [-0.05, 0) is 91.8 Å². The van der Waals surface area contributed by atoms with Crippen molar-refractivity contribution in [3.05, 3.63) is 112 Å². The predicted octanol–water partition coefficient (Wildman–Crippen LogP) is 7.43. The monoisotopic (exact) mass is 650 g/mol. The van der Waals surface area contributed by atoms with Gasteiger partial charge in [0.25, 0.3) is 11.8 Å². The third-order valence-electron chi connectivity index (χ3n) is 7.51. The molecule has 0 saturated carbocycles. The van der Waals surface area contributed by atoms with Crippen LogP contribution in [0.2, 0.25) is 0 Å². The van der Waals surface area contributed by atoms with Gasteiger partial charge in [-0.2, -0.15) is 5.26 Å². The van der Waals surface area contributed by atoms with E-state index in [0.29, 0.717) is 39.5 Å². The molecule has 8 nitrogen and oxygen atoms in total. The molecule has 1 aromatic heterocycles. The highest BCUT2D eigenvalue weighted by Gasteiger charge is 2.25. The molecule has 4 aromatic rings. The molecule has 5 rings (SSSR count). The maximum absolute atomic E-state index is 13.5. The summed E-state index contributed by atoms with van der Waals surface area (Å²) in [7, 11) is 1.58. The molecule has 0 spiro atoms. The first-order valence-electron chi connectivity index (χ1n) is 15.0. The van der Waals surface area contributed by atoms with E-state index in [2.05, 4.69) is 22.0 Å². The van der Waals surface area contributed by atoms with E-state index in [4.69, 9.17) is 4.74 Å². The van der Waals surface area contributed by atoms with E-state index in [0.717, 1.165) is 36.1 Å². The highest BCUT2D eigenvalue weighted by Crippen LogP contribution is 2.38. The van der Waals surface area contributed by atoms with Crippen LogP contribution < -0.4 is 20.7 Å². The van der Waals surface area contributed by atoms with E-state index in [9.17, 15) is 19.6 Å². The molecule has 3 aromatic carbocycles. The number of anilines is 2. The molecule has 0 fully saturated rings. The Morgan fingerprint density at radius 3 is 2.48 bits per heavy atom. The number of rotatable bonds is 11. The fraction of sp³-hybridized carbons (Fsp3) is 0.222. The van der Waals surface area contributed by atoms with Crippen LogP contribution in [0.5, 0.6) is 5.75 Å². The molecule has 3 amide bonds. The van der Waals surface area contributed by atoms with Gasteiger partial charge >= 0.3 is 0 Å². The Labute approximate surface area is 276 Å². The van der Waals surface area contributed by atoms with Gasteiger partial charge in [0.1, 0.15) is 22.5 Å². The molecular weight excluding hydrogens is 617 g/mol. The second-order valence-corrected chi connectivity index (χ2v) is 13.0. The van der Waals surface area contributed by atoms with Gasteiger partial charge in [-0.25, -0.2) is 0 Å². The molecule has 3 N–H and O–H groups in total. The van der Waals surface area contributed by atoms with E-state index in [-0.39, 0.29) is 11.6 Å². The summed E-state index contributed by atoms with van der Waals surface area (Å²) in [5.41, 5.74) is 3.37. The minimum Gasteiger partial charge on any atom is -0.497 e. The SMILES string of the molecule is CCC(Sc1cccc(NC(=O)/C(=C\c2ccc(OC)cc2)NC(=O)c2ccccc2)c1)C(=O)Nc1sc2c(c1C#N)CCCC2. The van der Waals surface area contributed by atoms with Crippen LogP contribution in [0.1, 0.15) is 58.1 Å². The van der Waals surface area contributed by atoms with Crippen molar-refractivity contribution in [3.8, 4) is 11.8 Å². The Kier molecular flexibility index (Phi) is 10.9. The van der Waals surface area contributed by atoms with E-state index in [1.165, 1.54) is 28.0 Å². The van der Waals surface area contributed by atoms with Gasteiger partial charge in [0.05, 0.1) is 17.9 Å². The number of nitriles is 1. The van der Waals surface area contributed by atoms with Crippen LogP contribution >= 0.6 is 23.1 Å². The molecule has 0 radical (unpaired) electrons. The predicted molar refractivity (Wildman–Crippen MR) is 184 cm³/mol.